The molecule has 14 heteroatoms. The van der Waals surface area contributed by atoms with Gasteiger partial charge in [0.05, 0.1) is 29.6 Å². The molecule has 3 aromatic carbocycles. The van der Waals surface area contributed by atoms with Gasteiger partial charge in [0.25, 0.3) is 11.4 Å². The number of unbranched alkanes of at least 4 members (excludes halogenated alkanes) is 1. The molecule has 0 heterocycles. The van der Waals surface area contributed by atoms with E-state index in [9.17, 15) is 34.6 Å². The molecule has 50 heavy (non-hydrogen) atoms. The van der Waals surface area contributed by atoms with Gasteiger partial charge in [-0.2, -0.15) is 11.8 Å². The normalized spacial score (nSPS) is 13.0. The first-order valence-electron chi connectivity index (χ1n) is 16.7. The molecule has 3 atom stereocenters. The summed E-state index contributed by atoms with van der Waals surface area (Å²) >= 11 is 1.57. The predicted octanol–water partition coefficient (Wildman–Crippen LogP) is 5.81. The van der Waals surface area contributed by atoms with Crippen molar-refractivity contribution < 1.29 is 29.0 Å². The maximum absolute atomic E-state index is 13.4. The van der Waals surface area contributed by atoms with Gasteiger partial charge in [-0.05, 0) is 66.0 Å². The molecule has 0 saturated heterocycles. The van der Waals surface area contributed by atoms with E-state index in [4.69, 9.17) is 4.74 Å². The van der Waals surface area contributed by atoms with Crippen molar-refractivity contribution in [3.8, 4) is 0 Å². The number of hydrogen-bond acceptors (Lipinski definition) is 10. The number of thioether (sulfide) groups is 1. The highest BCUT2D eigenvalue weighted by Crippen LogP contribution is 2.26. The number of carbonyl (C=O) groups excluding carboxylic acids is 3. The van der Waals surface area contributed by atoms with Crippen molar-refractivity contribution in [2.45, 2.75) is 71.0 Å². The number of nitrogens with one attached hydrogen (secondary N) is 2. The number of hydrogen-bond donors (Lipinski definition) is 2. The van der Waals surface area contributed by atoms with E-state index in [1.165, 1.54) is 19.2 Å². The van der Waals surface area contributed by atoms with Gasteiger partial charge in [0, 0.05) is 37.2 Å². The third kappa shape index (κ3) is 12.1. The molecule has 3 rings (SSSR count). The Balaban J connectivity index is 1.73. The SMILES string of the molecule is CCC(C)C(CN(CC(=O)NC(CCSC)C(=O)OC)Cc1cccc2ccccc12)NC(=O)CCCCc1ccc([N+](=O)[O-])cc1[N+](=O)[O-]. The average molecular weight is 710 g/mol. The molecule has 0 fully saturated rings. The average Bonchev–Trinajstić information content (AvgIpc) is 3.10. The number of nitro benzene ring substituents is 2. The van der Waals surface area contributed by atoms with Crippen LogP contribution in [0.4, 0.5) is 11.4 Å². The van der Waals surface area contributed by atoms with Crippen LogP contribution in [0.1, 0.15) is 57.1 Å². The maximum Gasteiger partial charge on any atom is 0.328 e. The molecule has 0 aliphatic rings. The first-order chi connectivity index (χ1) is 24.0. The monoisotopic (exact) mass is 709 g/mol. The van der Waals surface area contributed by atoms with Crippen molar-refractivity contribution in [2.24, 2.45) is 5.92 Å². The minimum atomic E-state index is -0.767. The lowest BCUT2D eigenvalue weighted by Gasteiger charge is -2.32. The van der Waals surface area contributed by atoms with Gasteiger partial charge in [-0.3, -0.25) is 34.7 Å². The Morgan fingerprint density at radius 2 is 1.68 bits per heavy atom. The Morgan fingerprint density at radius 1 is 0.940 bits per heavy atom. The van der Waals surface area contributed by atoms with E-state index >= 15 is 0 Å². The van der Waals surface area contributed by atoms with E-state index < -0.39 is 21.9 Å². The number of nitrogens with zero attached hydrogens (tertiary/aromatic N) is 3. The summed E-state index contributed by atoms with van der Waals surface area (Å²) in [5, 5.41) is 30.7. The summed E-state index contributed by atoms with van der Waals surface area (Å²) in [6, 6.07) is 16.6. The van der Waals surface area contributed by atoms with E-state index in [-0.39, 0.29) is 48.1 Å². The standard InChI is InChI=1S/C36H47N5O8S/c1-5-25(2)32(38-34(42)16-9-7-12-27-17-18-29(40(45)46)21-33(27)41(47)48)23-39(22-28-14-10-13-26-11-6-8-15-30(26)28)24-35(43)37-31(19-20-50-4)36(44)49-3/h6,8,10-11,13-15,17-18,21,25,31-32H,5,7,9,12,16,19-20,22-24H2,1-4H3,(H,37,43)(H,38,42). The van der Waals surface area contributed by atoms with Crippen molar-refractivity contribution in [1.82, 2.24) is 15.5 Å². The summed E-state index contributed by atoms with van der Waals surface area (Å²) in [6.45, 7) is 4.88. The lowest BCUT2D eigenvalue weighted by Crippen LogP contribution is -2.51. The molecule has 270 valence electrons. The van der Waals surface area contributed by atoms with Crippen molar-refractivity contribution >= 4 is 51.7 Å². The number of ether oxygens (including phenoxy) is 1. The number of methoxy groups -OCH3 is 1. The highest BCUT2D eigenvalue weighted by Gasteiger charge is 2.26. The number of fused-ring (bicyclic) bond motifs is 1. The van der Waals surface area contributed by atoms with Gasteiger partial charge in [0.2, 0.25) is 11.8 Å². The first kappa shape index (κ1) is 39.9. The Kier molecular flexibility index (Phi) is 16.1. The second-order valence-corrected chi connectivity index (χ2v) is 13.3. The van der Waals surface area contributed by atoms with E-state index in [2.05, 4.69) is 10.6 Å². The topological polar surface area (TPSA) is 174 Å². The van der Waals surface area contributed by atoms with Crippen LogP contribution in [-0.4, -0.2) is 76.8 Å². The fourth-order valence-electron chi connectivity index (χ4n) is 5.78. The maximum atomic E-state index is 13.4. The van der Waals surface area contributed by atoms with Crippen LogP contribution in [-0.2, 0) is 32.1 Å². The van der Waals surface area contributed by atoms with Crippen LogP contribution >= 0.6 is 11.8 Å². The minimum Gasteiger partial charge on any atom is -0.467 e. The van der Waals surface area contributed by atoms with E-state index in [0.717, 1.165) is 28.8 Å². The third-order valence-electron chi connectivity index (χ3n) is 8.78. The molecule has 0 aliphatic heterocycles. The summed E-state index contributed by atoms with van der Waals surface area (Å²) < 4.78 is 4.93. The highest BCUT2D eigenvalue weighted by atomic mass is 32.2. The number of non-ortho nitro benzene ring substituents is 1. The summed E-state index contributed by atoms with van der Waals surface area (Å²) in [5.41, 5.74) is 0.751. The smallest absolute Gasteiger partial charge is 0.328 e. The molecule has 2 N–H and O–H groups in total. The van der Waals surface area contributed by atoms with Gasteiger partial charge in [0.15, 0.2) is 0 Å². The molecular formula is C36H47N5O8S. The van der Waals surface area contributed by atoms with Crippen LogP contribution in [0.2, 0.25) is 0 Å². The van der Waals surface area contributed by atoms with Crippen molar-refractivity contribution in [2.75, 3.05) is 32.2 Å². The number of amides is 2. The second-order valence-electron chi connectivity index (χ2n) is 12.3. The fourth-order valence-corrected chi connectivity index (χ4v) is 6.26. The fraction of sp³-hybridized carbons (Fsp3) is 0.472. The zero-order valence-electron chi connectivity index (χ0n) is 29.1. The van der Waals surface area contributed by atoms with Gasteiger partial charge in [-0.25, -0.2) is 4.79 Å². The summed E-state index contributed by atoms with van der Waals surface area (Å²) in [6.07, 6.45) is 4.57. The van der Waals surface area contributed by atoms with E-state index in [0.29, 0.717) is 50.1 Å². The summed E-state index contributed by atoms with van der Waals surface area (Å²) in [4.78, 5) is 62.3. The van der Waals surface area contributed by atoms with Crippen LogP contribution in [0.25, 0.3) is 10.8 Å². The van der Waals surface area contributed by atoms with Gasteiger partial charge >= 0.3 is 5.97 Å². The Labute approximate surface area is 296 Å². The van der Waals surface area contributed by atoms with Crippen LogP contribution in [0, 0.1) is 26.1 Å². The molecule has 13 nitrogen and oxygen atoms in total. The number of esters is 1. The third-order valence-corrected chi connectivity index (χ3v) is 9.43. The second kappa shape index (κ2) is 20.2. The van der Waals surface area contributed by atoms with Gasteiger partial charge in [-0.15, -0.1) is 0 Å². The number of carbonyl (C=O) groups is 3. The quantitative estimate of drug-likeness (QED) is 0.0594. The molecule has 3 aromatic rings. The van der Waals surface area contributed by atoms with Crippen molar-refractivity contribution in [3.05, 3.63) is 92.0 Å². The molecule has 2 amide bonds. The molecule has 0 aliphatic carbocycles. The lowest BCUT2D eigenvalue weighted by molar-refractivity contribution is -0.394. The molecule has 3 unspecified atom stereocenters. The molecular weight excluding hydrogens is 662 g/mol. The van der Waals surface area contributed by atoms with E-state index in [1.807, 2.05) is 67.5 Å². The Morgan fingerprint density at radius 3 is 2.36 bits per heavy atom. The van der Waals surface area contributed by atoms with Crippen LogP contribution in [0.3, 0.4) is 0 Å². The van der Waals surface area contributed by atoms with Gasteiger partial charge in [0.1, 0.15) is 6.04 Å². The lowest BCUT2D eigenvalue weighted by atomic mass is 9.97. The first-order valence-corrected chi connectivity index (χ1v) is 18.1. The van der Waals surface area contributed by atoms with Crippen LogP contribution < -0.4 is 10.6 Å². The molecule has 0 saturated carbocycles. The van der Waals surface area contributed by atoms with Gasteiger partial charge < -0.3 is 15.4 Å². The van der Waals surface area contributed by atoms with Gasteiger partial charge in [-0.1, -0.05) is 62.7 Å². The summed E-state index contributed by atoms with van der Waals surface area (Å²) in [7, 11) is 1.30. The zero-order valence-corrected chi connectivity index (χ0v) is 29.9. The Hall–Kier alpha value is -4.56. The number of rotatable bonds is 21. The Bertz CT molecular complexity index is 1630. The summed E-state index contributed by atoms with van der Waals surface area (Å²) in [5.74, 6) is -0.251. The van der Waals surface area contributed by atoms with E-state index in [1.54, 1.807) is 11.8 Å². The number of aryl methyl sites for hydroxylation is 1. The van der Waals surface area contributed by atoms with Crippen molar-refractivity contribution in [1.29, 1.82) is 0 Å². The van der Waals surface area contributed by atoms with Crippen molar-refractivity contribution in [3.63, 3.8) is 0 Å². The zero-order chi connectivity index (χ0) is 36.6. The molecule has 0 bridgehead atoms. The number of benzene rings is 3. The molecule has 0 aromatic heterocycles. The van der Waals surface area contributed by atoms with Crippen LogP contribution in [0.5, 0.6) is 0 Å². The number of nitro groups is 2. The highest BCUT2D eigenvalue weighted by molar-refractivity contribution is 7.98. The van der Waals surface area contributed by atoms with Crippen LogP contribution in [0.15, 0.2) is 60.7 Å². The predicted molar refractivity (Wildman–Crippen MR) is 195 cm³/mol. The minimum absolute atomic E-state index is 0.00714. The molecule has 0 spiro atoms. The largest absolute Gasteiger partial charge is 0.467 e. The molecule has 0 radical (unpaired) electrons.